The minimum atomic E-state index is -1.04. The fraction of sp³-hybridized carbons (Fsp3) is 0.143. The molecule has 2 N–H and O–H groups in total. The predicted octanol–water partition coefficient (Wildman–Crippen LogP) is 6.98. The summed E-state index contributed by atoms with van der Waals surface area (Å²) in [6.07, 6.45) is 0. The number of benzene rings is 3. The summed E-state index contributed by atoms with van der Waals surface area (Å²) < 4.78 is 6.94. The Morgan fingerprint density at radius 2 is 1.82 bits per heavy atom. The summed E-state index contributed by atoms with van der Waals surface area (Å²) in [5, 5.41) is 30.9. The highest BCUT2D eigenvalue weighted by atomic mass is 79.9. The number of phenols is 1. The molecule has 1 aromatic heterocycles. The van der Waals surface area contributed by atoms with Gasteiger partial charge in [0.25, 0.3) is 5.78 Å². The number of amides is 1. The van der Waals surface area contributed by atoms with Crippen molar-refractivity contribution in [1.82, 2.24) is 10.2 Å². The Kier molecular flexibility index (Phi) is 8.46. The summed E-state index contributed by atoms with van der Waals surface area (Å²) in [5.74, 6) is -1.33. The van der Waals surface area contributed by atoms with Gasteiger partial charge >= 0.3 is 5.91 Å². The average molecular weight is 659 g/mol. The number of aromatic nitrogens is 2. The fourth-order valence-corrected chi connectivity index (χ4v) is 6.38. The first kappa shape index (κ1) is 28.2. The number of rotatable bonds is 8. The molecule has 1 unspecified atom stereocenters. The Morgan fingerprint density at radius 3 is 2.52 bits per heavy atom. The molecule has 2 heterocycles. The third-order valence-corrected chi connectivity index (χ3v) is 8.95. The number of Topliss-reactive ketones (excluding diaryl/α,β-unsaturated/α-hetero) is 1. The zero-order valence-electron chi connectivity index (χ0n) is 20.9. The molecular formula is C28H21BrClN3O5S2. The molecule has 0 bridgehead atoms. The fourth-order valence-electron chi connectivity index (χ4n) is 4.16. The molecule has 0 aliphatic carbocycles. The number of phenolic OH excluding ortho intramolecular Hbond substituents is 1. The predicted molar refractivity (Wildman–Crippen MR) is 159 cm³/mol. The quantitative estimate of drug-likeness (QED) is 0.0686. The van der Waals surface area contributed by atoms with Crippen LogP contribution in [-0.4, -0.2) is 38.7 Å². The monoisotopic (exact) mass is 657 g/mol. The molecule has 204 valence electrons. The lowest BCUT2D eigenvalue weighted by atomic mass is 9.95. The highest BCUT2D eigenvalue weighted by Gasteiger charge is 2.48. The Balaban J connectivity index is 1.56. The van der Waals surface area contributed by atoms with E-state index in [0.29, 0.717) is 32.8 Å². The van der Waals surface area contributed by atoms with Crippen LogP contribution in [0.5, 0.6) is 11.5 Å². The third-order valence-electron chi connectivity index (χ3n) is 6.04. The first-order valence-corrected chi connectivity index (χ1v) is 15.0. The molecule has 1 atom stereocenters. The zero-order chi connectivity index (χ0) is 28.4. The van der Waals surface area contributed by atoms with Crippen LogP contribution < -0.4 is 9.64 Å². The van der Waals surface area contributed by atoms with Gasteiger partial charge in [-0.25, -0.2) is 0 Å². The smallest absolute Gasteiger partial charge is 0.301 e. The summed E-state index contributed by atoms with van der Waals surface area (Å²) in [6, 6.07) is 17.7. The van der Waals surface area contributed by atoms with Crippen molar-refractivity contribution >= 4 is 73.2 Å². The number of halogens is 2. The molecule has 8 nitrogen and oxygen atoms in total. The second kappa shape index (κ2) is 12.0. The van der Waals surface area contributed by atoms with Crippen LogP contribution in [0.1, 0.15) is 29.7 Å². The van der Waals surface area contributed by atoms with E-state index in [1.165, 1.54) is 22.7 Å². The van der Waals surface area contributed by atoms with Gasteiger partial charge in [-0.1, -0.05) is 81.0 Å². The highest BCUT2D eigenvalue weighted by molar-refractivity contribution is 9.10. The largest absolute Gasteiger partial charge is 0.507 e. The van der Waals surface area contributed by atoms with E-state index >= 15 is 0 Å². The standard InChI is InChI=1S/C28H21BrClN3O5S2/c1-2-38-21-13-17(7-12-20(21)34)23-22(24(35)16-5-8-18(29)9-6-16)25(36)26(37)33(23)27-31-32-28(40-27)39-14-15-3-10-19(30)11-4-15/h3-13,23,34-35H,2,14H2,1H3/b24-22-. The molecule has 1 aliphatic heterocycles. The maximum Gasteiger partial charge on any atom is 0.301 e. The van der Waals surface area contributed by atoms with Crippen molar-refractivity contribution in [1.29, 1.82) is 0 Å². The number of ether oxygens (including phenoxy) is 1. The number of carbonyl (C=O) groups is 2. The van der Waals surface area contributed by atoms with Crippen LogP contribution in [0.2, 0.25) is 5.02 Å². The van der Waals surface area contributed by atoms with Crippen molar-refractivity contribution in [3.63, 3.8) is 0 Å². The molecule has 4 aromatic rings. The summed E-state index contributed by atoms with van der Waals surface area (Å²) >= 11 is 11.9. The number of thioether (sulfide) groups is 1. The summed E-state index contributed by atoms with van der Waals surface area (Å²) in [5.41, 5.74) is 1.75. The van der Waals surface area contributed by atoms with Gasteiger partial charge in [-0.2, -0.15) is 0 Å². The van der Waals surface area contributed by atoms with E-state index in [2.05, 4.69) is 26.1 Å². The zero-order valence-corrected chi connectivity index (χ0v) is 24.9. The highest BCUT2D eigenvalue weighted by Crippen LogP contribution is 2.45. The van der Waals surface area contributed by atoms with Gasteiger partial charge in [0.15, 0.2) is 15.8 Å². The molecule has 5 rings (SSSR count). The lowest BCUT2D eigenvalue weighted by molar-refractivity contribution is -0.132. The average Bonchev–Trinajstić information content (AvgIpc) is 3.52. The molecule has 3 aromatic carbocycles. The van der Waals surface area contributed by atoms with Crippen LogP contribution in [-0.2, 0) is 15.3 Å². The number of nitrogens with zero attached hydrogens (tertiary/aromatic N) is 3. The first-order valence-electron chi connectivity index (χ1n) is 12.0. The van der Waals surface area contributed by atoms with Crippen molar-refractivity contribution in [2.45, 2.75) is 23.1 Å². The van der Waals surface area contributed by atoms with Crippen molar-refractivity contribution in [2.75, 3.05) is 11.5 Å². The summed E-state index contributed by atoms with van der Waals surface area (Å²) in [6.45, 7) is 2.07. The Morgan fingerprint density at radius 1 is 1.10 bits per heavy atom. The Bertz CT molecular complexity index is 1610. The van der Waals surface area contributed by atoms with Crippen LogP contribution in [0.15, 0.2) is 81.1 Å². The number of aliphatic hydroxyl groups excluding tert-OH is 1. The molecule has 40 heavy (non-hydrogen) atoms. The van der Waals surface area contributed by atoms with Crippen LogP contribution >= 0.6 is 50.6 Å². The number of aromatic hydroxyl groups is 1. The number of ketones is 1. The van der Waals surface area contributed by atoms with E-state index in [1.54, 1.807) is 43.3 Å². The number of hydrogen-bond donors (Lipinski definition) is 2. The number of carbonyl (C=O) groups excluding carboxylic acids is 2. The minimum Gasteiger partial charge on any atom is -0.507 e. The van der Waals surface area contributed by atoms with Gasteiger partial charge in [0.1, 0.15) is 5.76 Å². The van der Waals surface area contributed by atoms with Gasteiger partial charge in [-0.05, 0) is 54.4 Å². The second-order valence-electron chi connectivity index (χ2n) is 8.60. The molecule has 1 saturated heterocycles. The topological polar surface area (TPSA) is 113 Å². The van der Waals surface area contributed by atoms with E-state index in [1.807, 2.05) is 24.3 Å². The van der Waals surface area contributed by atoms with Gasteiger partial charge < -0.3 is 14.9 Å². The van der Waals surface area contributed by atoms with Crippen LogP contribution in [0.4, 0.5) is 5.13 Å². The lowest BCUT2D eigenvalue weighted by Crippen LogP contribution is -2.29. The third kappa shape index (κ3) is 5.73. The normalized spacial score (nSPS) is 16.5. The summed E-state index contributed by atoms with van der Waals surface area (Å²) in [4.78, 5) is 28.1. The second-order valence-corrected chi connectivity index (χ2v) is 12.1. The lowest BCUT2D eigenvalue weighted by Gasteiger charge is -2.23. The van der Waals surface area contributed by atoms with Crippen LogP contribution in [0.25, 0.3) is 5.76 Å². The summed E-state index contributed by atoms with van der Waals surface area (Å²) in [7, 11) is 0. The van der Waals surface area contributed by atoms with Gasteiger partial charge in [0.05, 0.1) is 18.2 Å². The van der Waals surface area contributed by atoms with E-state index in [-0.39, 0.29) is 28.0 Å². The van der Waals surface area contributed by atoms with Gasteiger partial charge in [-0.3, -0.25) is 14.5 Å². The molecule has 12 heteroatoms. The van der Waals surface area contributed by atoms with E-state index in [4.69, 9.17) is 16.3 Å². The van der Waals surface area contributed by atoms with E-state index in [9.17, 15) is 19.8 Å². The van der Waals surface area contributed by atoms with Crippen LogP contribution in [0, 0.1) is 0 Å². The SMILES string of the molecule is CCOc1cc(C2/C(=C(/O)c3ccc(Br)cc3)C(=O)C(=O)N2c2nnc(SCc3ccc(Cl)cc3)s2)ccc1O. The molecule has 0 radical (unpaired) electrons. The molecular weight excluding hydrogens is 638 g/mol. The van der Waals surface area contributed by atoms with E-state index in [0.717, 1.165) is 21.4 Å². The van der Waals surface area contributed by atoms with Crippen molar-refractivity contribution in [2.24, 2.45) is 0 Å². The van der Waals surface area contributed by atoms with Crippen molar-refractivity contribution in [3.8, 4) is 11.5 Å². The number of hydrogen-bond acceptors (Lipinski definition) is 9. The van der Waals surface area contributed by atoms with Crippen LogP contribution in [0.3, 0.4) is 0 Å². The van der Waals surface area contributed by atoms with Gasteiger partial charge in [0, 0.05) is 20.8 Å². The maximum atomic E-state index is 13.5. The van der Waals surface area contributed by atoms with Gasteiger partial charge in [-0.15, -0.1) is 10.2 Å². The minimum absolute atomic E-state index is 0.0905. The van der Waals surface area contributed by atoms with Crippen molar-refractivity contribution < 1.29 is 24.5 Å². The first-order chi connectivity index (χ1) is 19.3. The molecule has 0 saturated carbocycles. The molecule has 1 amide bonds. The Labute approximate surface area is 251 Å². The number of anilines is 1. The number of aliphatic hydroxyl groups is 1. The van der Waals surface area contributed by atoms with Crippen molar-refractivity contribution in [3.05, 3.63) is 98.5 Å². The molecule has 1 aliphatic rings. The molecule has 0 spiro atoms. The van der Waals surface area contributed by atoms with E-state index < -0.39 is 17.7 Å². The van der Waals surface area contributed by atoms with Gasteiger partial charge in [0.2, 0.25) is 5.13 Å². The molecule has 1 fully saturated rings. The maximum absolute atomic E-state index is 13.5. The Hall–Kier alpha value is -3.38.